The van der Waals surface area contributed by atoms with E-state index in [1.54, 1.807) is 18.2 Å². The normalized spacial score (nSPS) is 10.2. The van der Waals surface area contributed by atoms with Gasteiger partial charge in [-0.05, 0) is 36.2 Å². The molecule has 0 saturated carbocycles. The molecular formula is C16H18N2O3. The van der Waals surface area contributed by atoms with Gasteiger partial charge in [-0.15, -0.1) is 0 Å². The molecule has 0 saturated heterocycles. The zero-order valence-electron chi connectivity index (χ0n) is 12.0. The molecule has 5 heteroatoms. The number of anilines is 2. The Bertz CT molecular complexity index is 656. The van der Waals surface area contributed by atoms with Gasteiger partial charge in [-0.25, -0.2) is 4.79 Å². The van der Waals surface area contributed by atoms with Crippen LogP contribution in [0, 0.1) is 0 Å². The number of benzene rings is 2. The van der Waals surface area contributed by atoms with Gasteiger partial charge in [0, 0.05) is 13.1 Å². The third-order valence-corrected chi connectivity index (χ3v) is 3.19. The van der Waals surface area contributed by atoms with Crippen LogP contribution >= 0.6 is 0 Å². The van der Waals surface area contributed by atoms with Crippen LogP contribution in [0.1, 0.15) is 12.5 Å². The summed E-state index contributed by atoms with van der Waals surface area (Å²) in [4.78, 5) is 12.1. The van der Waals surface area contributed by atoms with Crippen LogP contribution in [0.15, 0.2) is 42.5 Å². The minimum atomic E-state index is -1.08. The van der Waals surface area contributed by atoms with Gasteiger partial charge >= 0.3 is 6.09 Å². The fraction of sp³-hybridized carbons (Fsp3) is 0.188. The van der Waals surface area contributed by atoms with E-state index in [-0.39, 0.29) is 0 Å². The standard InChI is InChI=1S/C16H18N2O3/c1-3-11-5-4-6-12(9-11)21-13-7-8-14(17)15(10-13)18(2)16(19)20/h4-10H,3,17H2,1-2H3,(H,19,20). The molecule has 0 atom stereocenters. The predicted octanol–water partition coefficient (Wildman–Crippen LogP) is 3.74. The first kappa shape index (κ1) is 14.7. The molecule has 0 radical (unpaired) electrons. The molecule has 0 aliphatic carbocycles. The number of carboxylic acid groups (broad SMARTS) is 1. The van der Waals surface area contributed by atoms with Gasteiger partial charge in [-0.2, -0.15) is 0 Å². The maximum atomic E-state index is 11.0. The average Bonchev–Trinajstić information content (AvgIpc) is 2.48. The van der Waals surface area contributed by atoms with Gasteiger partial charge in [0.05, 0.1) is 11.4 Å². The van der Waals surface area contributed by atoms with Gasteiger partial charge < -0.3 is 15.6 Å². The molecule has 2 aromatic rings. The van der Waals surface area contributed by atoms with Crippen molar-refractivity contribution >= 4 is 17.5 Å². The molecule has 5 nitrogen and oxygen atoms in total. The Morgan fingerprint density at radius 2 is 1.95 bits per heavy atom. The van der Waals surface area contributed by atoms with Crippen molar-refractivity contribution in [3.8, 4) is 11.5 Å². The summed E-state index contributed by atoms with van der Waals surface area (Å²) < 4.78 is 5.77. The minimum absolute atomic E-state index is 0.384. The predicted molar refractivity (Wildman–Crippen MR) is 83.2 cm³/mol. The second kappa shape index (κ2) is 6.17. The van der Waals surface area contributed by atoms with Crippen LogP contribution in [-0.2, 0) is 6.42 Å². The van der Waals surface area contributed by atoms with Crippen LogP contribution in [0.3, 0.4) is 0 Å². The van der Waals surface area contributed by atoms with Crippen molar-refractivity contribution in [3.63, 3.8) is 0 Å². The Hall–Kier alpha value is -2.69. The lowest BCUT2D eigenvalue weighted by Gasteiger charge is -2.17. The molecule has 0 fully saturated rings. The first-order valence-electron chi connectivity index (χ1n) is 6.64. The summed E-state index contributed by atoms with van der Waals surface area (Å²) in [6.45, 7) is 2.07. The van der Waals surface area contributed by atoms with E-state index in [1.807, 2.05) is 24.3 Å². The number of hydrogen-bond donors (Lipinski definition) is 2. The zero-order valence-corrected chi connectivity index (χ0v) is 12.0. The lowest BCUT2D eigenvalue weighted by Crippen LogP contribution is -2.24. The van der Waals surface area contributed by atoms with Gasteiger partial charge in [-0.1, -0.05) is 19.1 Å². The van der Waals surface area contributed by atoms with Crippen LogP contribution in [0.4, 0.5) is 16.2 Å². The van der Waals surface area contributed by atoms with Gasteiger partial charge in [-0.3, -0.25) is 4.90 Å². The molecule has 0 heterocycles. The molecule has 3 N–H and O–H groups in total. The Balaban J connectivity index is 2.28. The second-order valence-electron chi connectivity index (χ2n) is 4.67. The van der Waals surface area contributed by atoms with E-state index >= 15 is 0 Å². The summed E-state index contributed by atoms with van der Waals surface area (Å²) >= 11 is 0. The molecule has 110 valence electrons. The number of carbonyl (C=O) groups is 1. The maximum Gasteiger partial charge on any atom is 0.411 e. The van der Waals surface area contributed by atoms with E-state index in [1.165, 1.54) is 12.6 Å². The number of nitrogens with two attached hydrogens (primary N) is 1. The largest absolute Gasteiger partial charge is 0.465 e. The van der Waals surface area contributed by atoms with Crippen molar-refractivity contribution < 1.29 is 14.6 Å². The highest BCUT2D eigenvalue weighted by Crippen LogP contribution is 2.30. The number of rotatable bonds is 4. The van der Waals surface area contributed by atoms with Crippen LogP contribution in [0.5, 0.6) is 11.5 Å². The second-order valence-corrected chi connectivity index (χ2v) is 4.67. The van der Waals surface area contributed by atoms with Crippen LogP contribution in [0.2, 0.25) is 0 Å². The van der Waals surface area contributed by atoms with E-state index < -0.39 is 6.09 Å². The van der Waals surface area contributed by atoms with Gasteiger partial charge in [0.2, 0.25) is 0 Å². The third kappa shape index (κ3) is 3.45. The van der Waals surface area contributed by atoms with Crippen molar-refractivity contribution in [2.75, 3.05) is 17.7 Å². The summed E-state index contributed by atoms with van der Waals surface area (Å²) in [6, 6.07) is 12.7. The molecule has 0 unspecified atom stereocenters. The van der Waals surface area contributed by atoms with Crippen molar-refractivity contribution in [1.82, 2.24) is 0 Å². The number of amides is 1. The van der Waals surface area contributed by atoms with Crippen LogP contribution in [-0.4, -0.2) is 18.2 Å². The van der Waals surface area contributed by atoms with Gasteiger partial charge in [0.25, 0.3) is 0 Å². The van der Waals surface area contributed by atoms with E-state index in [2.05, 4.69) is 6.92 Å². The summed E-state index contributed by atoms with van der Waals surface area (Å²) in [5, 5.41) is 9.04. The highest BCUT2D eigenvalue weighted by Gasteiger charge is 2.13. The molecular weight excluding hydrogens is 268 g/mol. The molecule has 2 rings (SSSR count). The van der Waals surface area contributed by atoms with Crippen molar-refractivity contribution in [2.45, 2.75) is 13.3 Å². The first-order valence-corrected chi connectivity index (χ1v) is 6.64. The van der Waals surface area contributed by atoms with Crippen molar-refractivity contribution in [2.24, 2.45) is 0 Å². The lowest BCUT2D eigenvalue weighted by molar-refractivity contribution is 0.203. The summed E-state index contributed by atoms with van der Waals surface area (Å²) in [5.74, 6) is 1.25. The Kier molecular flexibility index (Phi) is 4.33. The van der Waals surface area contributed by atoms with E-state index in [9.17, 15) is 4.79 Å². The maximum absolute atomic E-state index is 11.0. The Labute approximate surface area is 123 Å². The molecule has 21 heavy (non-hydrogen) atoms. The number of hydrogen-bond acceptors (Lipinski definition) is 3. The number of nitrogens with zero attached hydrogens (tertiary/aromatic N) is 1. The summed E-state index contributed by atoms with van der Waals surface area (Å²) in [7, 11) is 1.44. The quantitative estimate of drug-likeness (QED) is 0.839. The molecule has 0 aromatic heterocycles. The van der Waals surface area contributed by atoms with Crippen LogP contribution < -0.4 is 15.4 Å². The molecule has 2 aromatic carbocycles. The smallest absolute Gasteiger partial charge is 0.411 e. The minimum Gasteiger partial charge on any atom is -0.465 e. The van der Waals surface area contributed by atoms with Crippen LogP contribution in [0.25, 0.3) is 0 Å². The fourth-order valence-electron chi connectivity index (χ4n) is 1.95. The van der Waals surface area contributed by atoms with Gasteiger partial charge in [0.15, 0.2) is 0 Å². The van der Waals surface area contributed by atoms with Crippen molar-refractivity contribution in [3.05, 3.63) is 48.0 Å². The zero-order chi connectivity index (χ0) is 15.4. The topological polar surface area (TPSA) is 75.8 Å². The van der Waals surface area contributed by atoms with E-state index in [4.69, 9.17) is 15.6 Å². The third-order valence-electron chi connectivity index (χ3n) is 3.19. The molecule has 0 bridgehead atoms. The van der Waals surface area contributed by atoms with E-state index in [0.717, 1.165) is 11.3 Å². The SMILES string of the molecule is CCc1cccc(Oc2ccc(N)c(N(C)C(=O)O)c2)c1. The Morgan fingerprint density at radius 1 is 1.24 bits per heavy atom. The first-order chi connectivity index (χ1) is 10.0. The number of aryl methyl sites for hydroxylation is 1. The highest BCUT2D eigenvalue weighted by atomic mass is 16.5. The molecule has 0 aliphatic heterocycles. The molecule has 0 aliphatic rings. The molecule has 0 spiro atoms. The summed E-state index contributed by atoms with van der Waals surface area (Å²) in [5.41, 5.74) is 7.76. The number of nitrogen functional groups attached to an aromatic ring is 1. The highest BCUT2D eigenvalue weighted by molar-refractivity contribution is 5.90. The fourth-order valence-corrected chi connectivity index (χ4v) is 1.95. The van der Waals surface area contributed by atoms with E-state index in [0.29, 0.717) is 22.9 Å². The Morgan fingerprint density at radius 3 is 2.62 bits per heavy atom. The number of ether oxygens (including phenoxy) is 1. The average molecular weight is 286 g/mol. The van der Waals surface area contributed by atoms with Gasteiger partial charge in [0.1, 0.15) is 11.5 Å². The monoisotopic (exact) mass is 286 g/mol. The molecule has 1 amide bonds. The lowest BCUT2D eigenvalue weighted by atomic mass is 10.2. The van der Waals surface area contributed by atoms with Crippen molar-refractivity contribution in [1.29, 1.82) is 0 Å². The summed E-state index contributed by atoms with van der Waals surface area (Å²) in [6.07, 6.45) is -0.154.